The molecule has 0 spiro atoms. The van der Waals surface area contributed by atoms with Crippen molar-refractivity contribution in [1.82, 2.24) is 0 Å². The monoisotopic (exact) mass is 318 g/mol. The summed E-state index contributed by atoms with van der Waals surface area (Å²) in [4.78, 5) is 39.4. The van der Waals surface area contributed by atoms with Gasteiger partial charge in [0.05, 0.1) is 0 Å². The molecule has 3 rings (SSSR count). The van der Waals surface area contributed by atoms with Gasteiger partial charge in [-0.2, -0.15) is 0 Å². The summed E-state index contributed by atoms with van der Waals surface area (Å²) in [6.45, 7) is 10.2. The number of hydrogen-bond donors (Lipinski definition) is 0. The van der Waals surface area contributed by atoms with E-state index in [9.17, 15) is 14.4 Å². The number of ketones is 3. The molecule has 6 atom stereocenters. The zero-order valence-corrected chi connectivity index (χ0v) is 15.2. The lowest BCUT2D eigenvalue weighted by Crippen LogP contribution is -2.60. The summed E-state index contributed by atoms with van der Waals surface area (Å²) in [6.07, 6.45) is 4.20. The number of carbonyl (C=O) groups excluding carboxylic acids is 3. The smallest absolute Gasteiger partial charge is 0.142 e. The van der Waals surface area contributed by atoms with E-state index in [4.69, 9.17) is 0 Å². The quantitative estimate of drug-likeness (QED) is 0.734. The van der Waals surface area contributed by atoms with Crippen LogP contribution in [0, 0.1) is 34.0 Å². The first kappa shape index (κ1) is 16.9. The van der Waals surface area contributed by atoms with E-state index >= 15 is 0 Å². The Morgan fingerprint density at radius 2 is 1.74 bits per heavy atom. The third-order valence-corrected chi connectivity index (χ3v) is 8.18. The molecule has 0 aromatic rings. The van der Waals surface area contributed by atoms with E-state index in [1.165, 1.54) is 0 Å². The first-order chi connectivity index (χ1) is 10.6. The zero-order chi connectivity index (χ0) is 17.2. The molecule has 3 nitrogen and oxygen atoms in total. The summed E-state index contributed by atoms with van der Waals surface area (Å²) in [6, 6.07) is 0. The van der Waals surface area contributed by atoms with Crippen LogP contribution in [-0.2, 0) is 14.4 Å². The lowest BCUT2D eigenvalue weighted by Gasteiger charge is -2.57. The molecular weight excluding hydrogens is 288 g/mol. The van der Waals surface area contributed by atoms with Crippen molar-refractivity contribution >= 4 is 17.3 Å². The van der Waals surface area contributed by atoms with Crippen LogP contribution in [-0.4, -0.2) is 17.3 Å². The van der Waals surface area contributed by atoms with E-state index in [-0.39, 0.29) is 40.5 Å². The van der Waals surface area contributed by atoms with Gasteiger partial charge in [0.2, 0.25) is 0 Å². The molecule has 0 aliphatic heterocycles. The van der Waals surface area contributed by atoms with Crippen LogP contribution >= 0.6 is 0 Å². The highest BCUT2D eigenvalue weighted by atomic mass is 16.1. The third kappa shape index (κ3) is 1.91. The lowest BCUT2D eigenvalue weighted by atomic mass is 9.44. The van der Waals surface area contributed by atoms with Crippen LogP contribution in [0.25, 0.3) is 0 Å². The Bertz CT molecular complexity index is 579. The highest BCUT2D eigenvalue weighted by Gasteiger charge is 2.67. The van der Waals surface area contributed by atoms with Gasteiger partial charge in [-0.1, -0.05) is 34.6 Å². The van der Waals surface area contributed by atoms with Gasteiger partial charge in [-0.05, 0) is 37.0 Å². The van der Waals surface area contributed by atoms with Crippen molar-refractivity contribution in [3.05, 3.63) is 0 Å². The molecule has 3 aliphatic carbocycles. The normalized spacial score (nSPS) is 50.5. The molecule has 0 amide bonds. The van der Waals surface area contributed by atoms with Crippen molar-refractivity contribution in [2.45, 2.75) is 73.1 Å². The molecule has 3 aliphatic rings. The maximum Gasteiger partial charge on any atom is 0.142 e. The minimum absolute atomic E-state index is 0.121. The van der Waals surface area contributed by atoms with Crippen LogP contribution < -0.4 is 0 Å². The van der Waals surface area contributed by atoms with Gasteiger partial charge in [-0.3, -0.25) is 14.4 Å². The first-order valence-corrected chi connectivity index (χ1v) is 9.24. The van der Waals surface area contributed by atoms with Crippen molar-refractivity contribution < 1.29 is 14.4 Å². The Labute approximate surface area is 139 Å². The van der Waals surface area contributed by atoms with Gasteiger partial charge in [0.1, 0.15) is 17.3 Å². The van der Waals surface area contributed by atoms with Crippen LogP contribution in [0.1, 0.15) is 73.1 Å². The van der Waals surface area contributed by atoms with E-state index < -0.39 is 10.8 Å². The Morgan fingerprint density at radius 3 is 2.35 bits per heavy atom. The topological polar surface area (TPSA) is 51.2 Å². The second kappa shape index (κ2) is 5.00. The van der Waals surface area contributed by atoms with Gasteiger partial charge in [0, 0.05) is 35.5 Å². The maximum atomic E-state index is 13.3. The van der Waals surface area contributed by atoms with Crippen molar-refractivity contribution in [2.24, 2.45) is 34.0 Å². The average Bonchev–Trinajstić information content (AvgIpc) is 2.87. The van der Waals surface area contributed by atoms with Gasteiger partial charge in [-0.25, -0.2) is 0 Å². The van der Waals surface area contributed by atoms with E-state index in [1.54, 1.807) is 0 Å². The molecule has 0 aromatic carbocycles. The Morgan fingerprint density at radius 1 is 1.09 bits per heavy atom. The van der Waals surface area contributed by atoms with E-state index in [2.05, 4.69) is 6.92 Å². The minimum Gasteiger partial charge on any atom is -0.299 e. The van der Waals surface area contributed by atoms with Crippen LogP contribution in [0.5, 0.6) is 0 Å². The molecular formula is C20H30O3. The first-order valence-electron chi connectivity index (χ1n) is 9.24. The molecule has 3 heteroatoms. The summed E-state index contributed by atoms with van der Waals surface area (Å²) in [5, 5.41) is 0. The molecule has 0 heterocycles. The Balaban J connectivity index is 2.23. The predicted molar refractivity (Wildman–Crippen MR) is 88.9 cm³/mol. The zero-order valence-electron chi connectivity index (χ0n) is 15.2. The van der Waals surface area contributed by atoms with Crippen molar-refractivity contribution in [1.29, 1.82) is 0 Å². The summed E-state index contributed by atoms with van der Waals surface area (Å²) in [5.74, 6) is 0.447. The van der Waals surface area contributed by atoms with Gasteiger partial charge >= 0.3 is 0 Å². The molecule has 6 unspecified atom stereocenters. The predicted octanol–water partition coefficient (Wildman–Crippen LogP) is 3.98. The fourth-order valence-corrected chi connectivity index (χ4v) is 6.07. The molecule has 0 N–H and O–H groups in total. The van der Waals surface area contributed by atoms with Crippen LogP contribution in [0.2, 0.25) is 0 Å². The van der Waals surface area contributed by atoms with E-state index in [0.29, 0.717) is 19.3 Å². The highest BCUT2D eigenvalue weighted by molar-refractivity contribution is 6.01. The second-order valence-electron chi connectivity index (χ2n) is 8.96. The van der Waals surface area contributed by atoms with Crippen LogP contribution in [0.15, 0.2) is 0 Å². The number of rotatable bonds is 1. The van der Waals surface area contributed by atoms with E-state index in [0.717, 1.165) is 19.3 Å². The van der Waals surface area contributed by atoms with Gasteiger partial charge in [-0.15, -0.1) is 0 Å². The number of carbonyl (C=O) groups is 3. The second-order valence-corrected chi connectivity index (χ2v) is 8.96. The molecule has 0 saturated heterocycles. The molecule has 0 radical (unpaired) electrons. The maximum absolute atomic E-state index is 13.3. The van der Waals surface area contributed by atoms with Crippen molar-refractivity contribution in [3.63, 3.8) is 0 Å². The van der Waals surface area contributed by atoms with Gasteiger partial charge in [0.15, 0.2) is 0 Å². The van der Waals surface area contributed by atoms with E-state index in [1.807, 2.05) is 27.7 Å². The molecule has 128 valence electrons. The van der Waals surface area contributed by atoms with Crippen LogP contribution in [0.4, 0.5) is 0 Å². The van der Waals surface area contributed by atoms with Crippen molar-refractivity contribution in [2.75, 3.05) is 0 Å². The largest absolute Gasteiger partial charge is 0.299 e. The average molecular weight is 318 g/mol. The summed E-state index contributed by atoms with van der Waals surface area (Å²) in [7, 11) is 0. The van der Waals surface area contributed by atoms with Gasteiger partial charge in [0.25, 0.3) is 0 Å². The molecule has 2 bridgehead atoms. The summed E-state index contributed by atoms with van der Waals surface area (Å²) >= 11 is 0. The molecule has 23 heavy (non-hydrogen) atoms. The SMILES string of the molecule is CCC1(C)CC(=O)C2(C)C(C)CCC3(CCC(=O)C32)C(C)C1=O. The summed E-state index contributed by atoms with van der Waals surface area (Å²) in [5.41, 5.74) is -1.43. The fourth-order valence-electron chi connectivity index (χ4n) is 6.07. The standard InChI is InChI=1S/C20H30O3/c1-6-18(4)11-15(22)19(5)12(2)7-9-20(13(3)17(18)23)10-8-14(21)16(19)20/h12-13,16H,6-11H2,1-5H3. The Hall–Kier alpha value is -0.990. The minimum atomic E-state index is -0.586. The Kier molecular flexibility index (Phi) is 3.67. The number of hydrogen-bond acceptors (Lipinski definition) is 3. The third-order valence-electron chi connectivity index (χ3n) is 8.18. The highest BCUT2D eigenvalue weighted by Crippen LogP contribution is 2.65. The molecule has 3 fully saturated rings. The fraction of sp³-hybridized carbons (Fsp3) is 0.850. The lowest BCUT2D eigenvalue weighted by molar-refractivity contribution is -0.168. The summed E-state index contributed by atoms with van der Waals surface area (Å²) < 4.78 is 0. The molecule has 3 saturated carbocycles. The molecule has 0 aromatic heterocycles. The van der Waals surface area contributed by atoms with Gasteiger partial charge < -0.3 is 0 Å². The number of Topliss-reactive ketones (excluding diaryl/α,β-unsaturated/α-hetero) is 3. The van der Waals surface area contributed by atoms with Crippen LogP contribution in [0.3, 0.4) is 0 Å². The van der Waals surface area contributed by atoms with Crippen molar-refractivity contribution in [3.8, 4) is 0 Å².